The van der Waals surface area contributed by atoms with Gasteiger partial charge < -0.3 is 9.15 Å². The summed E-state index contributed by atoms with van der Waals surface area (Å²) in [5.41, 5.74) is -0.951. The minimum absolute atomic E-state index is 0.175. The molecule has 0 bridgehead atoms. The highest BCUT2D eigenvalue weighted by Crippen LogP contribution is 2.38. The van der Waals surface area contributed by atoms with Crippen molar-refractivity contribution >= 4 is 11.0 Å². The predicted molar refractivity (Wildman–Crippen MR) is 57.0 cm³/mol. The van der Waals surface area contributed by atoms with Gasteiger partial charge in [0.15, 0.2) is 0 Å². The highest BCUT2D eigenvalue weighted by molar-refractivity contribution is 5.87. The van der Waals surface area contributed by atoms with Crippen LogP contribution in [0.25, 0.3) is 11.0 Å². The molecule has 0 amide bonds. The Hall–Kier alpha value is -1.65. The van der Waals surface area contributed by atoms with Crippen molar-refractivity contribution in [2.45, 2.75) is 19.5 Å². The summed E-state index contributed by atoms with van der Waals surface area (Å²) in [6.07, 6.45) is -2.39. The van der Waals surface area contributed by atoms with E-state index >= 15 is 0 Å². The van der Waals surface area contributed by atoms with Crippen LogP contribution in [-0.4, -0.2) is 6.61 Å². The van der Waals surface area contributed by atoms with E-state index in [9.17, 15) is 13.2 Å². The molecule has 0 aliphatic heterocycles. The summed E-state index contributed by atoms with van der Waals surface area (Å²) >= 11 is 0. The number of alkyl halides is 3. The molecule has 2 rings (SSSR count). The molecule has 0 N–H and O–H groups in total. The van der Waals surface area contributed by atoms with Gasteiger partial charge in [-0.3, -0.25) is 0 Å². The quantitative estimate of drug-likeness (QED) is 0.805. The van der Waals surface area contributed by atoms with Gasteiger partial charge in [-0.15, -0.1) is 0 Å². The Balaban J connectivity index is 2.51. The monoisotopic (exact) mass is 244 g/mol. The van der Waals surface area contributed by atoms with Gasteiger partial charge in [0.05, 0.1) is 23.8 Å². The van der Waals surface area contributed by atoms with Crippen LogP contribution in [0, 0.1) is 0 Å². The zero-order valence-electron chi connectivity index (χ0n) is 9.17. The Morgan fingerprint density at radius 2 is 2.00 bits per heavy atom. The maximum atomic E-state index is 12.7. The van der Waals surface area contributed by atoms with Crippen LogP contribution in [0.5, 0.6) is 5.75 Å². The fourth-order valence-corrected chi connectivity index (χ4v) is 1.60. The first-order valence-corrected chi connectivity index (χ1v) is 5.24. The predicted octanol–water partition coefficient (Wildman–Crippen LogP) is 4.24. The molecule has 1 aromatic heterocycles. The highest BCUT2D eigenvalue weighted by atomic mass is 19.4. The van der Waals surface area contributed by atoms with E-state index in [0.29, 0.717) is 17.7 Å². The van der Waals surface area contributed by atoms with E-state index in [2.05, 4.69) is 0 Å². The van der Waals surface area contributed by atoms with Crippen LogP contribution < -0.4 is 4.74 Å². The molecule has 1 aromatic carbocycles. The van der Waals surface area contributed by atoms with E-state index in [-0.39, 0.29) is 5.58 Å². The summed E-state index contributed by atoms with van der Waals surface area (Å²) in [4.78, 5) is 0. The number of rotatable bonds is 3. The molecule has 2 nitrogen and oxygen atoms in total. The third-order valence-electron chi connectivity index (χ3n) is 2.34. The van der Waals surface area contributed by atoms with Gasteiger partial charge >= 0.3 is 6.18 Å². The second-order valence-corrected chi connectivity index (χ2v) is 3.62. The minimum Gasteiger partial charge on any atom is -0.493 e. The van der Waals surface area contributed by atoms with Gasteiger partial charge in [0.25, 0.3) is 0 Å². The molecule has 0 atom stereocenters. The van der Waals surface area contributed by atoms with Gasteiger partial charge in [0.2, 0.25) is 0 Å². The summed E-state index contributed by atoms with van der Waals surface area (Å²) in [5, 5.41) is 0.355. The zero-order chi connectivity index (χ0) is 12.5. The fraction of sp³-hybridized carbons (Fsp3) is 0.333. The first kappa shape index (κ1) is 11.8. The first-order chi connectivity index (χ1) is 8.04. The Kier molecular flexibility index (Phi) is 3.00. The second-order valence-electron chi connectivity index (χ2n) is 3.62. The first-order valence-electron chi connectivity index (χ1n) is 5.24. The third-order valence-corrected chi connectivity index (χ3v) is 2.34. The number of ether oxygens (including phenoxy) is 1. The van der Waals surface area contributed by atoms with Crippen LogP contribution in [0.2, 0.25) is 0 Å². The SMILES string of the molecule is CCCOc1ccc(C(F)(F)F)c2occc12. The van der Waals surface area contributed by atoms with Gasteiger partial charge in [-0.1, -0.05) is 6.92 Å². The van der Waals surface area contributed by atoms with Crippen LogP contribution in [-0.2, 0) is 6.18 Å². The molecule has 0 saturated carbocycles. The van der Waals surface area contributed by atoms with Crippen molar-refractivity contribution in [3.63, 3.8) is 0 Å². The lowest BCUT2D eigenvalue weighted by molar-refractivity contribution is -0.136. The molecule has 0 aliphatic rings. The average Bonchev–Trinajstić information content (AvgIpc) is 2.72. The molecular weight excluding hydrogens is 233 g/mol. The van der Waals surface area contributed by atoms with E-state index < -0.39 is 11.7 Å². The fourth-order valence-electron chi connectivity index (χ4n) is 1.60. The summed E-state index contributed by atoms with van der Waals surface area (Å²) in [7, 11) is 0. The van der Waals surface area contributed by atoms with Crippen molar-refractivity contribution in [1.29, 1.82) is 0 Å². The number of benzene rings is 1. The zero-order valence-corrected chi connectivity index (χ0v) is 9.17. The van der Waals surface area contributed by atoms with E-state index in [0.717, 1.165) is 12.5 Å². The number of hydrogen-bond donors (Lipinski definition) is 0. The van der Waals surface area contributed by atoms with Crippen LogP contribution in [0.1, 0.15) is 18.9 Å². The summed E-state index contributed by atoms with van der Waals surface area (Å²) in [6, 6.07) is 3.79. The van der Waals surface area contributed by atoms with Crippen molar-refractivity contribution < 1.29 is 22.3 Å². The van der Waals surface area contributed by atoms with Gasteiger partial charge in [-0.05, 0) is 24.6 Å². The van der Waals surface area contributed by atoms with E-state index in [1.165, 1.54) is 18.4 Å². The molecule has 0 radical (unpaired) electrons. The standard InChI is InChI=1S/C12H11F3O2/c1-2-6-16-10-4-3-9(12(13,14)15)11-8(10)5-7-17-11/h3-5,7H,2,6H2,1H3. The Morgan fingerprint density at radius 1 is 1.24 bits per heavy atom. The van der Waals surface area contributed by atoms with Gasteiger partial charge in [-0.25, -0.2) is 0 Å². The highest BCUT2D eigenvalue weighted by Gasteiger charge is 2.34. The maximum absolute atomic E-state index is 12.7. The van der Waals surface area contributed by atoms with E-state index in [4.69, 9.17) is 9.15 Å². The molecule has 0 saturated heterocycles. The largest absolute Gasteiger partial charge is 0.493 e. The van der Waals surface area contributed by atoms with Crippen molar-refractivity contribution in [1.82, 2.24) is 0 Å². The normalized spacial score (nSPS) is 12.0. The minimum atomic E-state index is -4.42. The van der Waals surface area contributed by atoms with Crippen LogP contribution in [0.15, 0.2) is 28.9 Å². The molecule has 0 unspecified atom stereocenters. The molecule has 2 aromatic rings. The van der Waals surface area contributed by atoms with E-state index in [1.807, 2.05) is 6.92 Å². The third kappa shape index (κ3) is 2.23. The lowest BCUT2D eigenvalue weighted by Gasteiger charge is -2.10. The molecule has 0 fully saturated rings. The van der Waals surface area contributed by atoms with Crippen LogP contribution in [0.4, 0.5) is 13.2 Å². The van der Waals surface area contributed by atoms with E-state index in [1.54, 1.807) is 0 Å². The number of halogens is 3. The van der Waals surface area contributed by atoms with Crippen LogP contribution in [0.3, 0.4) is 0 Å². The Labute approximate surface area is 96.0 Å². The topological polar surface area (TPSA) is 22.4 Å². The molecule has 5 heteroatoms. The number of furan rings is 1. The molecular formula is C12H11F3O2. The second kappa shape index (κ2) is 4.31. The molecule has 0 aliphatic carbocycles. The summed E-state index contributed by atoms with van der Waals surface area (Å²) < 4.78 is 48.3. The average molecular weight is 244 g/mol. The maximum Gasteiger partial charge on any atom is 0.420 e. The van der Waals surface area contributed by atoms with Crippen molar-refractivity contribution in [3.8, 4) is 5.75 Å². The van der Waals surface area contributed by atoms with Gasteiger partial charge in [0.1, 0.15) is 11.3 Å². The molecule has 17 heavy (non-hydrogen) atoms. The van der Waals surface area contributed by atoms with Crippen molar-refractivity contribution in [2.24, 2.45) is 0 Å². The van der Waals surface area contributed by atoms with Crippen molar-refractivity contribution in [2.75, 3.05) is 6.61 Å². The molecule has 92 valence electrons. The van der Waals surface area contributed by atoms with Gasteiger partial charge in [-0.2, -0.15) is 13.2 Å². The van der Waals surface area contributed by atoms with Crippen LogP contribution >= 0.6 is 0 Å². The Morgan fingerprint density at radius 3 is 2.65 bits per heavy atom. The number of fused-ring (bicyclic) bond motifs is 1. The van der Waals surface area contributed by atoms with Gasteiger partial charge in [0, 0.05) is 0 Å². The lowest BCUT2D eigenvalue weighted by Crippen LogP contribution is -2.05. The molecule has 1 heterocycles. The lowest BCUT2D eigenvalue weighted by atomic mass is 10.1. The number of hydrogen-bond acceptors (Lipinski definition) is 2. The molecule has 0 spiro atoms. The summed E-state index contributed by atoms with van der Waals surface area (Å²) in [6.45, 7) is 2.39. The summed E-state index contributed by atoms with van der Waals surface area (Å²) in [5.74, 6) is 0.420. The van der Waals surface area contributed by atoms with Crippen molar-refractivity contribution in [3.05, 3.63) is 30.0 Å². The smallest absolute Gasteiger partial charge is 0.420 e. The Bertz CT molecular complexity index is 514.